The van der Waals surface area contributed by atoms with Crippen LogP contribution in [0.15, 0.2) is 11.6 Å². The summed E-state index contributed by atoms with van der Waals surface area (Å²) in [5.74, 6) is 2.45. The van der Waals surface area contributed by atoms with E-state index in [1.807, 2.05) is 0 Å². The van der Waals surface area contributed by atoms with Crippen LogP contribution in [0.5, 0.6) is 0 Å². The van der Waals surface area contributed by atoms with Gasteiger partial charge in [-0.3, -0.25) is 0 Å². The third-order valence-corrected chi connectivity index (χ3v) is 12.4. The maximum Gasteiger partial charge on any atom is 0.0653 e. The van der Waals surface area contributed by atoms with Crippen molar-refractivity contribution < 1.29 is 10.2 Å². The Labute approximate surface area is 198 Å². The van der Waals surface area contributed by atoms with Crippen LogP contribution in [-0.4, -0.2) is 21.9 Å². The lowest BCUT2D eigenvalue weighted by molar-refractivity contribution is -0.225. The van der Waals surface area contributed by atoms with Crippen molar-refractivity contribution in [2.24, 2.45) is 45.3 Å². The fraction of sp³-hybridized carbons (Fsp3) is 0.933. The van der Waals surface area contributed by atoms with E-state index in [4.69, 9.17) is 0 Å². The quantitative estimate of drug-likeness (QED) is 0.440. The van der Waals surface area contributed by atoms with Crippen molar-refractivity contribution in [3.05, 3.63) is 11.6 Å². The van der Waals surface area contributed by atoms with E-state index in [2.05, 4.69) is 61.5 Å². The van der Waals surface area contributed by atoms with Crippen LogP contribution in [0, 0.1) is 45.3 Å². The molecule has 5 unspecified atom stereocenters. The molecule has 4 rings (SSSR count). The molecule has 2 heteroatoms. The Hall–Kier alpha value is -0.340. The first-order valence-corrected chi connectivity index (χ1v) is 13.7. The minimum absolute atomic E-state index is 0.0267. The summed E-state index contributed by atoms with van der Waals surface area (Å²) in [4.78, 5) is 0. The highest BCUT2D eigenvalue weighted by atomic mass is 16.3. The zero-order valence-corrected chi connectivity index (χ0v) is 22.4. The molecule has 0 amide bonds. The van der Waals surface area contributed by atoms with Crippen molar-refractivity contribution in [3.8, 4) is 0 Å². The molecule has 184 valence electrons. The fourth-order valence-corrected chi connectivity index (χ4v) is 10.3. The van der Waals surface area contributed by atoms with E-state index in [9.17, 15) is 10.2 Å². The topological polar surface area (TPSA) is 40.5 Å². The molecule has 4 saturated carbocycles. The lowest BCUT2D eigenvalue weighted by atomic mass is 9.35. The van der Waals surface area contributed by atoms with Crippen molar-refractivity contribution in [3.63, 3.8) is 0 Å². The standard InChI is InChI=1S/C30H52O2/c1-20(2)10-9-16-30(8,32)22-13-18-28(6)21(22)11-12-24-27(5)17-15-25(31)26(3,4)23(27)14-19-29(24,28)7/h10,21-25,31-32H,9,11-19H2,1-8H3/t21?,22?,23?,24?,25?,27-,28+,29+,30-/m0/s1. The SMILES string of the molecule is CC(C)=CCC[C@](C)(O)C1CC[C@]2(C)C1CCC1[C@@]3(C)CCC(O)C(C)(C)C3CC[C@]12C. The molecule has 9 atom stereocenters. The van der Waals surface area contributed by atoms with E-state index >= 15 is 0 Å². The Bertz CT molecular complexity index is 746. The number of hydrogen-bond donors (Lipinski definition) is 2. The minimum atomic E-state index is -0.560. The predicted molar refractivity (Wildman–Crippen MR) is 134 cm³/mol. The Kier molecular flexibility index (Phi) is 6.07. The Morgan fingerprint density at radius 2 is 1.53 bits per heavy atom. The Balaban J connectivity index is 1.61. The summed E-state index contributed by atoms with van der Waals surface area (Å²) >= 11 is 0. The highest BCUT2D eigenvalue weighted by Crippen LogP contribution is 2.75. The molecular formula is C30H52O2. The lowest BCUT2D eigenvalue weighted by Crippen LogP contribution is -2.64. The summed E-state index contributed by atoms with van der Waals surface area (Å²) in [7, 11) is 0. The molecule has 0 bridgehead atoms. The van der Waals surface area contributed by atoms with E-state index in [1.54, 1.807) is 0 Å². The van der Waals surface area contributed by atoms with Gasteiger partial charge in [0.2, 0.25) is 0 Å². The zero-order chi connectivity index (χ0) is 23.7. The molecule has 4 aliphatic rings. The van der Waals surface area contributed by atoms with Crippen molar-refractivity contribution >= 4 is 0 Å². The molecule has 0 radical (unpaired) electrons. The van der Waals surface area contributed by atoms with Crippen molar-refractivity contribution in [2.75, 3.05) is 0 Å². The van der Waals surface area contributed by atoms with Gasteiger partial charge in [0.1, 0.15) is 0 Å². The van der Waals surface area contributed by atoms with Crippen LogP contribution in [0.25, 0.3) is 0 Å². The van der Waals surface area contributed by atoms with Crippen LogP contribution in [0.4, 0.5) is 0 Å². The summed E-state index contributed by atoms with van der Waals surface area (Å²) in [6.45, 7) is 19.0. The molecule has 0 spiro atoms. The van der Waals surface area contributed by atoms with Crippen LogP contribution < -0.4 is 0 Å². The predicted octanol–water partition coefficient (Wildman–Crippen LogP) is 7.53. The molecule has 32 heavy (non-hydrogen) atoms. The normalized spacial score (nSPS) is 49.4. The molecule has 0 saturated heterocycles. The molecule has 0 aromatic heterocycles. The Morgan fingerprint density at radius 3 is 2.19 bits per heavy atom. The van der Waals surface area contributed by atoms with Gasteiger partial charge in [-0.25, -0.2) is 0 Å². The van der Waals surface area contributed by atoms with Crippen LogP contribution in [-0.2, 0) is 0 Å². The fourth-order valence-electron chi connectivity index (χ4n) is 10.3. The number of allylic oxidation sites excluding steroid dienone is 2. The molecule has 0 heterocycles. The van der Waals surface area contributed by atoms with E-state index in [-0.39, 0.29) is 11.5 Å². The third-order valence-electron chi connectivity index (χ3n) is 12.4. The van der Waals surface area contributed by atoms with Gasteiger partial charge < -0.3 is 10.2 Å². The molecule has 2 nitrogen and oxygen atoms in total. The number of aliphatic hydroxyl groups is 2. The zero-order valence-electron chi connectivity index (χ0n) is 22.4. The average molecular weight is 445 g/mol. The van der Waals surface area contributed by atoms with Gasteiger partial charge >= 0.3 is 0 Å². The largest absolute Gasteiger partial charge is 0.393 e. The summed E-state index contributed by atoms with van der Waals surface area (Å²) < 4.78 is 0. The molecule has 2 N–H and O–H groups in total. The van der Waals surface area contributed by atoms with Crippen LogP contribution in [0.2, 0.25) is 0 Å². The van der Waals surface area contributed by atoms with Gasteiger partial charge in [-0.2, -0.15) is 0 Å². The van der Waals surface area contributed by atoms with Gasteiger partial charge in [0, 0.05) is 0 Å². The average Bonchev–Trinajstić information content (AvgIpc) is 3.04. The second-order valence-corrected chi connectivity index (χ2v) is 14.4. The molecule has 4 fully saturated rings. The van der Waals surface area contributed by atoms with Crippen molar-refractivity contribution in [2.45, 2.75) is 131 Å². The van der Waals surface area contributed by atoms with Crippen LogP contribution >= 0.6 is 0 Å². The maximum atomic E-state index is 11.6. The van der Waals surface area contributed by atoms with E-state index in [0.717, 1.165) is 25.2 Å². The molecule has 0 aromatic carbocycles. The number of fused-ring (bicyclic) bond motifs is 5. The number of hydrogen-bond acceptors (Lipinski definition) is 2. The first-order chi connectivity index (χ1) is 14.7. The maximum absolute atomic E-state index is 11.6. The van der Waals surface area contributed by atoms with Gasteiger partial charge in [0.25, 0.3) is 0 Å². The van der Waals surface area contributed by atoms with Crippen LogP contribution in [0.1, 0.15) is 120 Å². The van der Waals surface area contributed by atoms with Gasteiger partial charge in [0.05, 0.1) is 11.7 Å². The first kappa shape index (κ1) is 24.8. The number of aliphatic hydroxyl groups excluding tert-OH is 1. The van der Waals surface area contributed by atoms with Crippen molar-refractivity contribution in [1.82, 2.24) is 0 Å². The van der Waals surface area contributed by atoms with E-state index in [0.29, 0.717) is 34.0 Å². The summed E-state index contributed by atoms with van der Waals surface area (Å²) in [6, 6.07) is 0. The molecule has 0 aliphatic heterocycles. The van der Waals surface area contributed by atoms with Gasteiger partial charge in [0.15, 0.2) is 0 Å². The molecular weight excluding hydrogens is 392 g/mol. The second-order valence-electron chi connectivity index (χ2n) is 14.4. The smallest absolute Gasteiger partial charge is 0.0653 e. The molecule has 4 aliphatic carbocycles. The minimum Gasteiger partial charge on any atom is -0.393 e. The monoisotopic (exact) mass is 444 g/mol. The van der Waals surface area contributed by atoms with Crippen molar-refractivity contribution in [1.29, 1.82) is 0 Å². The van der Waals surface area contributed by atoms with E-state index in [1.165, 1.54) is 50.5 Å². The molecule has 0 aromatic rings. The summed E-state index contributed by atoms with van der Waals surface area (Å²) in [5, 5.41) is 22.5. The summed E-state index contributed by atoms with van der Waals surface area (Å²) in [6.07, 6.45) is 13.8. The van der Waals surface area contributed by atoms with E-state index < -0.39 is 5.60 Å². The number of rotatable bonds is 4. The highest BCUT2D eigenvalue weighted by molar-refractivity contribution is 5.18. The highest BCUT2D eigenvalue weighted by Gasteiger charge is 2.69. The Morgan fingerprint density at radius 1 is 0.875 bits per heavy atom. The van der Waals surface area contributed by atoms with Gasteiger partial charge in [-0.15, -0.1) is 0 Å². The van der Waals surface area contributed by atoms with Gasteiger partial charge in [-0.1, -0.05) is 46.3 Å². The lowest BCUT2D eigenvalue weighted by Gasteiger charge is -2.70. The summed E-state index contributed by atoms with van der Waals surface area (Å²) in [5.41, 5.74) is 1.84. The second kappa shape index (κ2) is 7.84. The third kappa shape index (κ3) is 3.40. The van der Waals surface area contributed by atoms with Gasteiger partial charge in [-0.05, 0) is 130 Å². The first-order valence-electron chi connectivity index (χ1n) is 13.7. The van der Waals surface area contributed by atoms with Crippen LogP contribution in [0.3, 0.4) is 0 Å².